The van der Waals surface area contributed by atoms with Gasteiger partial charge in [-0.15, -0.1) is 0 Å². The molecule has 0 aromatic rings. The molecule has 0 bridgehead atoms. The highest BCUT2D eigenvalue weighted by Gasteiger charge is 2.29. The van der Waals surface area contributed by atoms with Crippen LogP contribution in [0.25, 0.3) is 0 Å². The zero-order chi connectivity index (χ0) is 36.5. The molecule has 3 nitrogen and oxygen atoms in total. The van der Waals surface area contributed by atoms with Gasteiger partial charge in [0.1, 0.15) is 0 Å². The number of hydrogen-bond acceptors (Lipinski definition) is 3. The van der Waals surface area contributed by atoms with Crippen molar-refractivity contribution < 1.29 is 9.47 Å². The van der Waals surface area contributed by atoms with E-state index in [0.717, 1.165) is 19.4 Å². The summed E-state index contributed by atoms with van der Waals surface area (Å²) in [5.41, 5.74) is 1.23. The van der Waals surface area contributed by atoms with Gasteiger partial charge in [-0.2, -0.15) is 0 Å². The van der Waals surface area contributed by atoms with E-state index in [-0.39, 0.29) is 0 Å². The fraction of sp³-hybridized carbons (Fsp3) is 1.00. The highest BCUT2D eigenvalue weighted by atomic mass is 16.7. The third-order valence-corrected chi connectivity index (χ3v) is 13.6. The van der Waals surface area contributed by atoms with Gasteiger partial charge in [0.2, 0.25) is 0 Å². The average Bonchev–Trinajstić information content (AvgIpc) is 3.14. The van der Waals surface area contributed by atoms with Gasteiger partial charge in [0.15, 0.2) is 5.79 Å². The van der Waals surface area contributed by atoms with Crippen LogP contribution >= 0.6 is 0 Å². The summed E-state index contributed by atoms with van der Waals surface area (Å²) in [5, 5.41) is 0. The largest absolute Gasteiger partial charge is 0.353 e. The molecule has 0 aliphatic heterocycles. The van der Waals surface area contributed by atoms with Gasteiger partial charge >= 0.3 is 0 Å². The Kier molecular flexibility index (Phi) is 32.4. The van der Waals surface area contributed by atoms with Gasteiger partial charge in [-0.05, 0) is 56.0 Å². The Balaban J connectivity index is 4.66. The number of methoxy groups -OCH3 is 2. The third kappa shape index (κ3) is 23.2. The summed E-state index contributed by atoms with van der Waals surface area (Å²) < 4.78 is 12.2. The van der Waals surface area contributed by atoms with Crippen LogP contribution in [0.4, 0.5) is 0 Å². The molecule has 0 unspecified atom stereocenters. The molecule has 0 N–H and O–H groups in total. The van der Waals surface area contributed by atoms with Crippen LogP contribution in [0.3, 0.4) is 0 Å². The molecule has 49 heavy (non-hydrogen) atoms. The Hall–Kier alpha value is -0.120. The molecule has 0 fully saturated rings. The number of hydrogen-bond donors (Lipinski definition) is 0. The highest BCUT2D eigenvalue weighted by Crippen LogP contribution is 2.37. The van der Waals surface area contributed by atoms with E-state index in [9.17, 15) is 0 Å². The first kappa shape index (κ1) is 48.9. The lowest BCUT2D eigenvalue weighted by Gasteiger charge is -2.34. The van der Waals surface area contributed by atoms with Crippen molar-refractivity contribution in [2.75, 3.05) is 33.9 Å². The molecule has 0 aliphatic rings. The van der Waals surface area contributed by atoms with Crippen molar-refractivity contribution in [3.8, 4) is 0 Å². The normalized spacial score (nSPS) is 12.9. The summed E-state index contributed by atoms with van der Waals surface area (Å²) in [4.78, 5) is 2.76. The maximum absolute atomic E-state index is 6.10. The van der Waals surface area contributed by atoms with Crippen LogP contribution in [0.15, 0.2) is 0 Å². The summed E-state index contributed by atoms with van der Waals surface area (Å²) in [6.07, 6.45) is 42.0. The van der Waals surface area contributed by atoms with E-state index in [1.54, 1.807) is 0 Å². The molecule has 3 heteroatoms. The lowest BCUT2D eigenvalue weighted by Crippen LogP contribution is -2.39. The van der Waals surface area contributed by atoms with Gasteiger partial charge in [0.05, 0.1) is 0 Å². The van der Waals surface area contributed by atoms with Crippen molar-refractivity contribution in [1.82, 2.24) is 4.90 Å². The Labute approximate surface area is 311 Å². The third-order valence-electron chi connectivity index (χ3n) is 13.6. The van der Waals surface area contributed by atoms with Crippen molar-refractivity contribution in [3.05, 3.63) is 0 Å². The first-order valence-corrected chi connectivity index (χ1v) is 22.7. The van der Waals surface area contributed by atoms with Crippen LogP contribution in [0.2, 0.25) is 0 Å². The summed E-state index contributed by atoms with van der Waals surface area (Å²) in [6.45, 7) is 20.3. The van der Waals surface area contributed by atoms with Crippen LogP contribution < -0.4 is 0 Å². The van der Waals surface area contributed by atoms with Gasteiger partial charge in [0, 0.05) is 33.6 Å². The Bertz CT molecular complexity index is 611. The molecule has 0 amide bonds. The molecule has 0 atom stereocenters. The molecule has 0 saturated heterocycles. The minimum atomic E-state index is -0.419. The molecule has 0 aliphatic carbocycles. The minimum Gasteiger partial charge on any atom is -0.353 e. The van der Waals surface area contributed by atoms with Crippen molar-refractivity contribution in [2.24, 2.45) is 10.8 Å². The Morgan fingerprint density at radius 3 is 0.959 bits per heavy atom. The topological polar surface area (TPSA) is 21.7 Å². The predicted octanol–water partition coefficient (Wildman–Crippen LogP) is 15.5. The van der Waals surface area contributed by atoms with E-state index >= 15 is 0 Å². The maximum atomic E-state index is 6.10. The van der Waals surface area contributed by atoms with Gasteiger partial charge < -0.3 is 14.4 Å². The first-order chi connectivity index (χ1) is 23.8. The van der Waals surface area contributed by atoms with Crippen LogP contribution in [0, 0.1) is 10.8 Å². The second kappa shape index (κ2) is 32.5. The van der Waals surface area contributed by atoms with Crippen molar-refractivity contribution in [1.29, 1.82) is 0 Å². The number of unbranched alkanes of at least 4 members (excludes halogenated alkanes) is 18. The molecule has 296 valence electrons. The van der Waals surface area contributed by atoms with Gasteiger partial charge in [-0.3, -0.25) is 0 Å². The quantitative estimate of drug-likeness (QED) is 0.0472. The lowest BCUT2D eigenvalue weighted by atomic mass is 9.75. The fourth-order valence-corrected chi connectivity index (χ4v) is 8.63. The maximum Gasteiger partial charge on any atom is 0.168 e. The van der Waals surface area contributed by atoms with Gasteiger partial charge in [0.25, 0.3) is 0 Å². The average molecular weight is 694 g/mol. The van der Waals surface area contributed by atoms with Gasteiger partial charge in [-0.1, -0.05) is 203 Å². The fourth-order valence-electron chi connectivity index (χ4n) is 8.63. The van der Waals surface area contributed by atoms with Crippen LogP contribution in [0.5, 0.6) is 0 Å². The van der Waals surface area contributed by atoms with E-state index in [2.05, 4.69) is 53.4 Å². The standard InChI is InChI=1S/C46H95NO2/c1-10-17-18-19-22-29-34-39-46(48-8,49-9)40-43-47(41-35-30-25-20-23-27-32-37-44(11-2,12-3)13-4)42-36-31-26-21-24-28-33-38-45(14-5,15-6)16-7/h10-43H2,1-9H3. The summed E-state index contributed by atoms with van der Waals surface area (Å²) in [6, 6.07) is 0. The molecular weight excluding hydrogens is 599 g/mol. The van der Waals surface area contributed by atoms with Crippen LogP contribution in [-0.2, 0) is 9.47 Å². The minimum absolute atomic E-state index is 0.419. The molecule has 0 heterocycles. The second-order valence-electron chi connectivity index (χ2n) is 16.4. The van der Waals surface area contributed by atoms with Crippen molar-refractivity contribution in [3.63, 3.8) is 0 Å². The van der Waals surface area contributed by atoms with Crippen LogP contribution in [-0.4, -0.2) is 44.5 Å². The summed E-state index contributed by atoms with van der Waals surface area (Å²) in [5.74, 6) is -0.419. The van der Waals surface area contributed by atoms with E-state index in [1.165, 1.54) is 199 Å². The summed E-state index contributed by atoms with van der Waals surface area (Å²) in [7, 11) is 3.74. The van der Waals surface area contributed by atoms with E-state index in [4.69, 9.17) is 9.47 Å². The van der Waals surface area contributed by atoms with Crippen LogP contribution in [0.1, 0.15) is 248 Å². The molecule has 0 rings (SSSR count). The molecule has 0 aromatic heterocycles. The second-order valence-corrected chi connectivity index (χ2v) is 16.4. The molecule has 0 radical (unpaired) electrons. The first-order valence-electron chi connectivity index (χ1n) is 22.7. The predicted molar refractivity (Wildman–Crippen MR) is 221 cm³/mol. The van der Waals surface area contributed by atoms with E-state index in [0.29, 0.717) is 10.8 Å². The zero-order valence-electron chi connectivity index (χ0n) is 35.8. The Morgan fingerprint density at radius 2 is 0.633 bits per heavy atom. The van der Waals surface area contributed by atoms with E-state index < -0.39 is 5.79 Å². The monoisotopic (exact) mass is 694 g/mol. The SMILES string of the molecule is CCCCCCCCCC(CCN(CCCCCCCCCC(CC)(CC)CC)CCCCCCCCCC(CC)(CC)CC)(OC)OC. The van der Waals surface area contributed by atoms with Crippen molar-refractivity contribution >= 4 is 0 Å². The van der Waals surface area contributed by atoms with E-state index in [1.807, 2.05) is 14.2 Å². The zero-order valence-corrected chi connectivity index (χ0v) is 35.8. The number of rotatable bonds is 39. The number of ether oxygens (including phenoxy) is 2. The van der Waals surface area contributed by atoms with Crippen molar-refractivity contribution in [2.45, 2.75) is 253 Å². The molecule has 0 spiro atoms. The smallest absolute Gasteiger partial charge is 0.168 e. The molecular formula is C46H95NO2. The summed E-state index contributed by atoms with van der Waals surface area (Å²) >= 11 is 0. The number of nitrogens with zero attached hydrogens (tertiary/aromatic N) is 1. The van der Waals surface area contributed by atoms with Gasteiger partial charge in [-0.25, -0.2) is 0 Å². The highest BCUT2D eigenvalue weighted by molar-refractivity contribution is 4.76. The molecule has 0 aromatic carbocycles. The lowest BCUT2D eigenvalue weighted by molar-refractivity contribution is -0.217. The molecule has 0 saturated carbocycles. The Morgan fingerprint density at radius 1 is 0.327 bits per heavy atom.